The van der Waals surface area contributed by atoms with E-state index < -0.39 is 0 Å². The summed E-state index contributed by atoms with van der Waals surface area (Å²) in [7, 11) is 0. The maximum absolute atomic E-state index is 11.7. The summed E-state index contributed by atoms with van der Waals surface area (Å²) < 4.78 is 0. The minimum Gasteiger partial charge on any atom is -0.335 e. The lowest BCUT2D eigenvalue weighted by molar-refractivity contribution is -0.130. The summed E-state index contributed by atoms with van der Waals surface area (Å²) in [4.78, 5) is 13.5. The first-order valence-corrected chi connectivity index (χ1v) is 6.55. The molecule has 0 bridgehead atoms. The predicted molar refractivity (Wildman–Crippen MR) is 72.2 cm³/mol. The van der Waals surface area contributed by atoms with E-state index >= 15 is 0 Å². The van der Waals surface area contributed by atoms with Crippen molar-refractivity contribution >= 4 is 17.5 Å². The van der Waals surface area contributed by atoms with Crippen molar-refractivity contribution in [2.45, 2.75) is 39.8 Å². The molecule has 0 aliphatic heterocycles. The van der Waals surface area contributed by atoms with Crippen molar-refractivity contribution in [1.82, 2.24) is 4.90 Å². The van der Waals surface area contributed by atoms with E-state index in [9.17, 15) is 4.79 Å². The van der Waals surface area contributed by atoms with Gasteiger partial charge in [0.15, 0.2) is 0 Å². The van der Waals surface area contributed by atoms with E-state index in [4.69, 9.17) is 11.6 Å². The van der Waals surface area contributed by atoms with Gasteiger partial charge in [0.25, 0.3) is 0 Å². The van der Waals surface area contributed by atoms with Crippen LogP contribution in [0.1, 0.15) is 31.9 Å². The summed E-state index contributed by atoms with van der Waals surface area (Å²) >= 11 is 5.61. The van der Waals surface area contributed by atoms with Gasteiger partial charge in [0.2, 0.25) is 5.91 Å². The van der Waals surface area contributed by atoms with E-state index in [0.29, 0.717) is 6.54 Å². The highest BCUT2D eigenvalue weighted by Crippen LogP contribution is 2.11. The van der Waals surface area contributed by atoms with Gasteiger partial charge in [-0.2, -0.15) is 0 Å². The maximum Gasteiger partial charge on any atom is 0.238 e. The molecular weight excluding hydrogens is 234 g/mol. The van der Waals surface area contributed by atoms with Crippen LogP contribution in [0.2, 0.25) is 0 Å². The van der Waals surface area contributed by atoms with Crippen LogP contribution in [0.3, 0.4) is 0 Å². The van der Waals surface area contributed by atoms with Gasteiger partial charge in [-0.15, -0.1) is 11.6 Å². The summed E-state index contributed by atoms with van der Waals surface area (Å²) in [6, 6.07) is 8.55. The average molecular weight is 254 g/mol. The fourth-order valence-corrected chi connectivity index (χ4v) is 1.87. The molecule has 0 spiro atoms. The number of hydrogen-bond acceptors (Lipinski definition) is 1. The molecule has 94 valence electrons. The van der Waals surface area contributed by atoms with Gasteiger partial charge in [-0.1, -0.05) is 31.2 Å². The topological polar surface area (TPSA) is 20.3 Å². The summed E-state index contributed by atoms with van der Waals surface area (Å²) in [6.07, 6.45) is 1.04. The van der Waals surface area contributed by atoms with Gasteiger partial charge in [0.1, 0.15) is 5.88 Å². The van der Waals surface area contributed by atoms with E-state index in [2.05, 4.69) is 31.2 Å². The second-order valence-corrected chi connectivity index (χ2v) is 4.69. The fraction of sp³-hybridized carbons (Fsp3) is 0.500. The molecule has 1 amide bonds. The molecule has 0 aromatic heterocycles. The zero-order valence-corrected chi connectivity index (χ0v) is 11.5. The van der Waals surface area contributed by atoms with Crippen LogP contribution in [0.15, 0.2) is 24.3 Å². The molecule has 0 aliphatic carbocycles. The Kier molecular flexibility index (Phi) is 5.49. The number of nitrogens with zero attached hydrogens (tertiary/aromatic N) is 1. The molecule has 0 saturated heterocycles. The number of benzene rings is 1. The average Bonchev–Trinajstić information content (AvgIpc) is 2.35. The lowest BCUT2D eigenvalue weighted by atomic mass is 10.1. The van der Waals surface area contributed by atoms with Crippen LogP contribution in [0, 0.1) is 0 Å². The van der Waals surface area contributed by atoms with Crippen molar-refractivity contribution in [3.8, 4) is 0 Å². The van der Waals surface area contributed by atoms with Crippen molar-refractivity contribution in [3.05, 3.63) is 35.4 Å². The molecule has 0 aliphatic rings. The highest BCUT2D eigenvalue weighted by Gasteiger charge is 2.15. The molecule has 3 heteroatoms. The first-order chi connectivity index (χ1) is 8.08. The molecule has 1 rings (SSSR count). The number of rotatable bonds is 5. The van der Waals surface area contributed by atoms with Crippen LogP contribution in [-0.4, -0.2) is 22.7 Å². The van der Waals surface area contributed by atoms with Crippen LogP contribution in [-0.2, 0) is 17.8 Å². The van der Waals surface area contributed by atoms with Crippen LogP contribution >= 0.6 is 11.6 Å². The normalized spacial score (nSPS) is 10.6. The minimum absolute atomic E-state index is 0.0127. The Morgan fingerprint density at radius 1 is 1.24 bits per heavy atom. The monoisotopic (exact) mass is 253 g/mol. The highest BCUT2D eigenvalue weighted by atomic mass is 35.5. The molecule has 0 radical (unpaired) electrons. The Labute approximate surface area is 109 Å². The molecule has 0 heterocycles. The Morgan fingerprint density at radius 2 is 1.76 bits per heavy atom. The van der Waals surface area contributed by atoms with Gasteiger partial charge < -0.3 is 4.90 Å². The first kappa shape index (κ1) is 14.0. The number of amides is 1. The van der Waals surface area contributed by atoms with E-state index in [1.54, 1.807) is 4.90 Å². The van der Waals surface area contributed by atoms with Crippen molar-refractivity contribution < 1.29 is 4.79 Å². The van der Waals surface area contributed by atoms with E-state index in [1.807, 2.05) is 13.8 Å². The molecule has 2 nitrogen and oxygen atoms in total. The number of carbonyl (C=O) groups excluding carboxylic acids is 1. The SMILES string of the molecule is CCc1ccc(CN(C(=O)CCl)C(C)C)cc1. The van der Waals surface area contributed by atoms with E-state index in [1.165, 1.54) is 5.56 Å². The van der Waals surface area contributed by atoms with E-state index in [0.717, 1.165) is 12.0 Å². The third-order valence-corrected chi connectivity index (χ3v) is 3.07. The molecule has 0 N–H and O–H groups in total. The van der Waals surface area contributed by atoms with E-state index in [-0.39, 0.29) is 17.8 Å². The molecule has 0 unspecified atom stereocenters. The Balaban J connectivity index is 2.75. The molecule has 0 fully saturated rings. The molecule has 17 heavy (non-hydrogen) atoms. The largest absolute Gasteiger partial charge is 0.335 e. The second kappa shape index (κ2) is 6.65. The van der Waals surface area contributed by atoms with Gasteiger partial charge in [-0.05, 0) is 31.4 Å². The second-order valence-electron chi connectivity index (χ2n) is 4.42. The number of hydrogen-bond donors (Lipinski definition) is 0. The number of halogens is 1. The number of alkyl halides is 1. The molecule has 1 aromatic rings. The van der Waals surface area contributed by atoms with Gasteiger partial charge in [-0.25, -0.2) is 0 Å². The van der Waals surface area contributed by atoms with Crippen LogP contribution in [0.4, 0.5) is 0 Å². The first-order valence-electron chi connectivity index (χ1n) is 6.01. The van der Waals surface area contributed by atoms with Crippen molar-refractivity contribution in [2.24, 2.45) is 0 Å². The number of aryl methyl sites for hydroxylation is 1. The fourth-order valence-electron chi connectivity index (χ4n) is 1.71. The molecule has 1 aromatic carbocycles. The summed E-state index contributed by atoms with van der Waals surface area (Å²) in [5, 5.41) is 0. The Bertz CT molecular complexity index is 359. The van der Waals surface area contributed by atoms with Gasteiger partial charge in [0, 0.05) is 12.6 Å². The molecular formula is C14H20ClNO. The third-order valence-electron chi connectivity index (χ3n) is 2.84. The van der Waals surface area contributed by atoms with Crippen molar-refractivity contribution in [2.75, 3.05) is 5.88 Å². The minimum atomic E-state index is -0.0127. The van der Waals surface area contributed by atoms with Crippen molar-refractivity contribution in [1.29, 1.82) is 0 Å². The van der Waals surface area contributed by atoms with Gasteiger partial charge in [-0.3, -0.25) is 4.79 Å². The molecule has 0 saturated carbocycles. The lowest BCUT2D eigenvalue weighted by Crippen LogP contribution is -2.37. The Hall–Kier alpha value is -1.02. The zero-order valence-electron chi connectivity index (χ0n) is 10.7. The van der Waals surface area contributed by atoms with Gasteiger partial charge >= 0.3 is 0 Å². The lowest BCUT2D eigenvalue weighted by Gasteiger charge is -2.26. The summed E-state index contributed by atoms with van der Waals surface area (Å²) in [5.41, 5.74) is 2.46. The smallest absolute Gasteiger partial charge is 0.238 e. The third kappa shape index (κ3) is 4.04. The quantitative estimate of drug-likeness (QED) is 0.738. The highest BCUT2D eigenvalue weighted by molar-refractivity contribution is 6.27. The molecule has 0 atom stereocenters. The van der Waals surface area contributed by atoms with Crippen LogP contribution in [0.5, 0.6) is 0 Å². The number of carbonyl (C=O) groups is 1. The Morgan fingerprint density at radius 3 is 2.18 bits per heavy atom. The van der Waals surface area contributed by atoms with Gasteiger partial charge in [0.05, 0.1) is 0 Å². The van der Waals surface area contributed by atoms with Crippen molar-refractivity contribution in [3.63, 3.8) is 0 Å². The summed E-state index contributed by atoms with van der Waals surface area (Å²) in [6.45, 7) is 6.77. The van der Waals surface area contributed by atoms with Crippen LogP contribution < -0.4 is 0 Å². The standard InChI is InChI=1S/C14H20ClNO/c1-4-12-5-7-13(8-6-12)10-16(11(2)3)14(17)9-15/h5-8,11H,4,9-10H2,1-3H3. The zero-order chi connectivity index (χ0) is 12.8. The maximum atomic E-state index is 11.7. The summed E-state index contributed by atoms with van der Waals surface area (Å²) in [5.74, 6) is 0.0341. The van der Waals surface area contributed by atoms with Crippen LogP contribution in [0.25, 0.3) is 0 Å². The predicted octanol–water partition coefficient (Wildman–Crippen LogP) is 3.22.